The molecule has 1 N–H and O–H groups in total. The molecule has 34 heavy (non-hydrogen) atoms. The quantitative estimate of drug-likeness (QED) is 0.668. The van der Waals surface area contributed by atoms with Crippen molar-refractivity contribution >= 4 is 11.5 Å². The molecule has 1 aromatic rings. The Morgan fingerprint density at radius 3 is 2.62 bits per heavy atom. The highest BCUT2D eigenvalue weighted by molar-refractivity contribution is 6.01. The molecule has 0 saturated carbocycles. The second-order valence-electron chi connectivity index (χ2n) is 10.2. The number of hydrogen-bond donors (Lipinski definition) is 1. The van der Waals surface area contributed by atoms with Crippen LogP contribution < -0.4 is 10.2 Å². The van der Waals surface area contributed by atoms with E-state index in [9.17, 15) is 18.0 Å². The Morgan fingerprint density at radius 2 is 1.94 bits per heavy atom. The fraction of sp³-hybridized carbons (Fsp3) is 0.560. The molecule has 1 unspecified atom stereocenters. The maximum Gasteiger partial charge on any atom is 0.435 e. The molecule has 0 bridgehead atoms. The van der Waals surface area contributed by atoms with Crippen molar-refractivity contribution in [3.05, 3.63) is 52.4 Å². The zero-order chi connectivity index (χ0) is 24.3. The van der Waals surface area contributed by atoms with Crippen molar-refractivity contribution in [1.29, 1.82) is 0 Å². The summed E-state index contributed by atoms with van der Waals surface area (Å²) in [5, 5.41) is 10.8. The van der Waals surface area contributed by atoms with E-state index in [1.165, 1.54) is 0 Å². The van der Waals surface area contributed by atoms with Crippen LogP contribution in [0.25, 0.3) is 0 Å². The number of carbonyl (C=O) groups is 1. The van der Waals surface area contributed by atoms with E-state index in [-0.39, 0.29) is 23.2 Å². The van der Waals surface area contributed by atoms with E-state index in [2.05, 4.69) is 20.4 Å². The Bertz CT molecular complexity index is 1120. The molecule has 4 aliphatic rings. The topological polar surface area (TPSA) is 66.3 Å². The smallest absolute Gasteiger partial charge is 0.378 e. The first-order valence-electron chi connectivity index (χ1n) is 11.8. The number of fused-ring (bicyclic) bond motifs is 1. The molecular weight excluding hydrogens is 445 g/mol. The van der Waals surface area contributed by atoms with Gasteiger partial charge < -0.3 is 15.0 Å². The molecule has 3 heterocycles. The molecule has 1 aromatic carbocycles. The second-order valence-corrected chi connectivity index (χ2v) is 10.2. The summed E-state index contributed by atoms with van der Waals surface area (Å²) < 4.78 is 48.0. The number of rotatable bonds is 3. The van der Waals surface area contributed by atoms with E-state index < -0.39 is 23.5 Å². The largest absolute Gasteiger partial charge is 0.435 e. The van der Waals surface area contributed by atoms with Gasteiger partial charge in [-0.25, -0.2) is 0 Å². The highest BCUT2D eigenvalue weighted by Gasteiger charge is 2.57. The summed E-state index contributed by atoms with van der Waals surface area (Å²) in [4.78, 5) is 15.8. The number of morpholine rings is 1. The van der Waals surface area contributed by atoms with E-state index >= 15 is 0 Å². The maximum absolute atomic E-state index is 14.2. The normalized spacial score (nSPS) is 28.7. The predicted molar refractivity (Wildman–Crippen MR) is 121 cm³/mol. The van der Waals surface area contributed by atoms with Crippen LogP contribution in [-0.2, 0) is 14.9 Å². The first-order chi connectivity index (χ1) is 16.1. The molecule has 0 amide bonds. The molecule has 1 saturated heterocycles. The van der Waals surface area contributed by atoms with Crippen LogP contribution >= 0.6 is 0 Å². The van der Waals surface area contributed by atoms with E-state index in [1.807, 2.05) is 45.0 Å². The van der Waals surface area contributed by atoms with Crippen LogP contribution in [0.2, 0.25) is 0 Å². The Balaban J connectivity index is 1.77. The number of halogens is 3. The number of benzene rings is 1. The lowest BCUT2D eigenvalue weighted by atomic mass is 9.58. The van der Waals surface area contributed by atoms with Crippen molar-refractivity contribution in [3.63, 3.8) is 0 Å². The number of nitrogens with zero attached hydrogens (tertiary/aromatic N) is 3. The summed E-state index contributed by atoms with van der Waals surface area (Å²) >= 11 is 0. The third kappa shape index (κ3) is 3.56. The van der Waals surface area contributed by atoms with Gasteiger partial charge in [0.15, 0.2) is 17.6 Å². The standard InChI is InChI=1S/C25H29F3N4O2/c1-4-24(15-6-5-7-16(12-15)32-8-10-34-11-9-32)19-17(13-23(2,3)14-18(19)33)29-22-20(24)21(30-31-22)25(26,27)28/h5-7,12,22,29H,4,8-11,13-14H2,1-3H3/t22?,24-/m1/s1. The van der Waals surface area contributed by atoms with Gasteiger partial charge >= 0.3 is 6.18 Å². The molecule has 2 atom stereocenters. The molecule has 0 spiro atoms. The fourth-order valence-electron chi connectivity index (χ4n) is 6.00. The minimum atomic E-state index is -4.67. The Kier molecular flexibility index (Phi) is 5.39. The minimum Gasteiger partial charge on any atom is -0.378 e. The van der Waals surface area contributed by atoms with Gasteiger partial charge in [0.2, 0.25) is 0 Å². The van der Waals surface area contributed by atoms with Crippen LogP contribution in [-0.4, -0.2) is 44.4 Å². The lowest BCUT2D eigenvalue weighted by Gasteiger charge is -2.48. The zero-order valence-corrected chi connectivity index (χ0v) is 19.6. The van der Waals surface area contributed by atoms with Gasteiger partial charge in [0.1, 0.15) is 0 Å². The highest BCUT2D eigenvalue weighted by atomic mass is 19.4. The number of anilines is 1. The number of ether oxygens (including phenoxy) is 1. The van der Waals surface area contributed by atoms with E-state index in [0.29, 0.717) is 56.0 Å². The van der Waals surface area contributed by atoms with Crippen molar-refractivity contribution in [2.24, 2.45) is 15.6 Å². The molecule has 0 aromatic heterocycles. The van der Waals surface area contributed by atoms with Crippen molar-refractivity contribution < 1.29 is 22.7 Å². The Morgan fingerprint density at radius 1 is 1.21 bits per heavy atom. The van der Waals surface area contributed by atoms with E-state index in [1.54, 1.807) is 0 Å². The highest BCUT2D eigenvalue weighted by Crippen LogP contribution is 2.56. The van der Waals surface area contributed by atoms with Crippen LogP contribution in [0, 0.1) is 5.41 Å². The Labute approximate surface area is 196 Å². The fourth-order valence-corrected chi connectivity index (χ4v) is 6.00. The predicted octanol–water partition coefficient (Wildman–Crippen LogP) is 5.03. The van der Waals surface area contributed by atoms with Gasteiger partial charge in [-0.05, 0) is 36.0 Å². The number of allylic oxidation sites excluding steroid dienone is 3. The third-order valence-corrected chi connectivity index (χ3v) is 7.39. The number of hydrogen-bond acceptors (Lipinski definition) is 6. The van der Waals surface area contributed by atoms with Gasteiger partial charge in [-0.2, -0.15) is 18.3 Å². The van der Waals surface area contributed by atoms with Crippen molar-refractivity contribution in [3.8, 4) is 0 Å². The van der Waals surface area contributed by atoms with Gasteiger partial charge in [0.25, 0.3) is 0 Å². The van der Waals surface area contributed by atoms with Crippen LogP contribution in [0.3, 0.4) is 0 Å². The average molecular weight is 475 g/mol. The molecule has 5 rings (SSSR count). The van der Waals surface area contributed by atoms with Crippen molar-refractivity contribution in [2.45, 2.75) is 57.8 Å². The second kappa shape index (κ2) is 7.93. The maximum atomic E-state index is 14.2. The van der Waals surface area contributed by atoms with Gasteiger partial charge in [0, 0.05) is 42.0 Å². The van der Waals surface area contributed by atoms with Gasteiger partial charge in [0.05, 0.1) is 18.6 Å². The molecule has 9 heteroatoms. The van der Waals surface area contributed by atoms with Crippen molar-refractivity contribution in [2.75, 3.05) is 31.2 Å². The number of ketones is 1. The summed E-state index contributed by atoms with van der Waals surface area (Å²) in [7, 11) is 0. The molecule has 6 nitrogen and oxygen atoms in total. The number of alkyl halides is 3. The van der Waals surface area contributed by atoms with E-state index in [4.69, 9.17) is 4.74 Å². The lowest BCUT2D eigenvalue weighted by Crippen LogP contribution is -2.52. The van der Waals surface area contributed by atoms with Crippen LogP contribution in [0.4, 0.5) is 18.9 Å². The first kappa shape index (κ1) is 23.1. The van der Waals surface area contributed by atoms with E-state index in [0.717, 1.165) is 5.69 Å². The number of nitrogens with one attached hydrogen (secondary N) is 1. The molecule has 0 radical (unpaired) electrons. The summed E-state index contributed by atoms with van der Waals surface area (Å²) in [5.41, 5.74) is 0.216. The average Bonchev–Trinajstić information content (AvgIpc) is 3.22. The van der Waals surface area contributed by atoms with Gasteiger partial charge in [-0.1, -0.05) is 32.9 Å². The van der Waals surface area contributed by atoms with Crippen LogP contribution in [0.5, 0.6) is 0 Å². The van der Waals surface area contributed by atoms with Gasteiger partial charge in [-0.3, -0.25) is 4.79 Å². The summed E-state index contributed by atoms with van der Waals surface area (Å²) in [6.45, 7) is 8.46. The molecule has 1 aliphatic carbocycles. The lowest BCUT2D eigenvalue weighted by molar-refractivity contribution is -0.119. The van der Waals surface area contributed by atoms with Gasteiger partial charge in [-0.15, -0.1) is 5.11 Å². The summed E-state index contributed by atoms with van der Waals surface area (Å²) in [6.07, 6.45) is -4.47. The number of carbonyl (C=O) groups excluding carboxylic acids is 1. The molecule has 3 aliphatic heterocycles. The molecule has 1 fully saturated rings. The van der Waals surface area contributed by atoms with Crippen LogP contribution in [0.15, 0.2) is 57.0 Å². The first-order valence-corrected chi connectivity index (χ1v) is 11.8. The number of azo groups is 1. The third-order valence-electron chi connectivity index (χ3n) is 7.39. The monoisotopic (exact) mass is 474 g/mol. The SMILES string of the molecule is CC[C@@]1(c2cccc(N3CCOCC3)c2)C2=C(CC(C)(C)CC2=O)NC2N=NC(C(F)(F)F)=C21. The van der Waals surface area contributed by atoms with Crippen molar-refractivity contribution in [1.82, 2.24) is 5.32 Å². The zero-order valence-electron chi connectivity index (χ0n) is 19.6. The summed E-state index contributed by atoms with van der Waals surface area (Å²) in [5.74, 6) is -0.114. The molecule has 182 valence electrons. The Hall–Kier alpha value is -2.68. The number of Topliss-reactive ketones (excluding diaryl/α,β-unsaturated/α-hetero) is 1. The molecular formula is C25H29F3N4O2. The van der Waals surface area contributed by atoms with Crippen LogP contribution in [0.1, 0.15) is 45.6 Å². The summed E-state index contributed by atoms with van der Waals surface area (Å²) in [6, 6.07) is 7.60. The minimum absolute atomic E-state index is 0.0356.